The SMILES string of the molecule is CC(CN(C(=O)c1ccc(-c2nc3ccccc3s2)s1)C1CC1)C(=O)O. The maximum absolute atomic E-state index is 12.9. The van der Waals surface area contributed by atoms with Crippen molar-refractivity contribution in [1.82, 2.24) is 9.88 Å². The second kappa shape index (κ2) is 6.81. The Hall–Kier alpha value is -2.25. The lowest BCUT2D eigenvalue weighted by Gasteiger charge is -2.23. The second-order valence-electron chi connectivity index (χ2n) is 6.58. The molecule has 1 N–H and O–H groups in total. The van der Waals surface area contributed by atoms with Gasteiger partial charge in [-0.2, -0.15) is 0 Å². The summed E-state index contributed by atoms with van der Waals surface area (Å²) >= 11 is 3.04. The Morgan fingerprint density at radius 1 is 1.23 bits per heavy atom. The summed E-state index contributed by atoms with van der Waals surface area (Å²) in [4.78, 5) is 32.1. The van der Waals surface area contributed by atoms with Gasteiger partial charge in [-0.25, -0.2) is 4.98 Å². The van der Waals surface area contributed by atoms with Crippen molar-refractivity contribution in [2.45, 2.75) is 25.8 Å². The number of benzene rings is 1. The van der Waals surface area contributed by atoms with Gasteiger partial charge in [0, 0.05) is 12.6 Å². The van der Waals surface area contributed by atoms with E-state index >= 15 is 0 Å². The minimum atomic E-state index is -0.871. The summed E-state index contributed by atoms with van der Waals surface area (Å²) < 4.78 is 1.12. The quantitative estimate of drug-likeness (QED) is 0.684. The number of aromatic nitrogens is 1. The van der Waals surface area contributed by atoms with Crippen LogP contribution in [-0.2, 0) is 4.79 Å². The smallest absolute Gasteiger partial charge is 0.308 e. The van der Waals surface area contributed by atoms with Crippen LogP contribution in [0.2, 0.25) is 0 Å². The highest BCUT2D eigenvalue weighted by Crippen LogP contribution is 2.36. The molecule has 3 aromatic rings. The van der Waals surface area contributed by atoms with Crippen LogP contribution in [0.4, 0.5) is 0 Å². The molecule has 0 aliphatic heterocycles. The lowest BCUT2D eigenvalue weighted by atomic mass is 10.1. The molecule has 0 saturated heterocycles. The van der Waals surface area contributed by atoms with Crippen LogP contribution in [-0.4, -0.2) is 39.5 Å². The van der Waals surface area contributed by atoms with Gasteiger partial charge in [-0.15, -0.1) is 22.7 Å². The largest absolute Gasteiger partial charge is 0.481 e. The van der Waals surface area contributed by atoms with E-state index in [0.717, 1.165) is 32.9 Å². The van der Waals surface area contributed by atoms with Crippen LogP contribution in [0.5, 0.6) is 0 Å². The molecule has 1 aromatic carbocycles. The third kappa shape index (κ3) is 3.37. The van der Waals surface area contributed by atoms with Crippen molar-refractivity contribution in [3.05, 3.63) is 41.3 Å². The van der Waals surface area contributed by atoms with E-state index in [0.29, 0.717) is 4.88 Å². The van der Waals surface area contributed by atoms with Gasteiger partial charge in [0.15, 0.2) is 0 Å². The standard InChI is InChI=1S/C19H18N2O3S2/c1-11(19(23)24)10-21(12-6-7-12)18(22)16-9-8-15(25-16)17-20-13-4-2-3-5-14(13)26-17/h2-5,8-9,11-12H,6-7,10H2,1H3,(H,23,24). The molecular formula is C19H18N2O3S2. The minimum Gasteiger partial charge on any atom is -0.481 e. The molecule has 1 atom stereocenters. The molecule has 4 rings (SSSR count). The second-order valence-corrected chi connectivity index (χ2v) is 8.69. The highest BCUT2D eigenvalue weighted by atomic mass is 32.1. The highest BCUT2D eigenvalue weighted by Gasteiger charge is 2.35. The molecule has 1 aliphatic rings. The van der Waals surface area contributed by atoms with Crippen molar-refractivity contribution >= 4 is 44.8 Å². The van der Waals surface area contributed by atoms with Crippen LogP contribution in [0.1, 0.15) is 29.4 Å². The number of para-hydroxylation sites is 1. The number of thiophene rings is 1. The molecule has 7 heteroatoms. The van der Waals surface area contributed by atoms with E-state index in [1.807, 2.05) is 36.4 Å². The zero-order chi connectivity index (χ0) is 18.3. The van der Waals surface area contributed by atoms with Gasteiger partial charge in [0.1, 0.15) is 5.01 Å². The number of thiazole rings is 1. The first-order valence-electron chi connectivity index (χ1n) is 8.52. The van der Waals surface area contributed by atoms with Crippen molar-refractivity contribution in [1.29, 1.82) is 0 Å². The zero-order valence-electron chi connectivity index (χ0n) is 14.2. The summed E-state index contributed by atoms with van der Waals surface area (Å²) in [5.74, 6) is -1.51. The van der Waals surface area contributed by atoms with Gasteiger partial charge in [-0.05, 0) is 37.1 Å². The molecule has 0 radical (unpaired) electrons. The molecule has 1 amide bonds. The van der Waals surface area contributed by atoms with Crippen LogP contribution >= 0.6 is 22.7 Å². The number of hydrogen-bond donors (Lipinski definition) is 1. The van der Waals surface area contributed by atoms with Crippen LogP contribution in [0.3, 0.4) is 0 Å². The average molecular weight is 386 g/mol. The Bertz CT molecular complexity index is 941. The fourth-order valence-corrected chi connectivity index (χ4v) is 4.83. The van der Waals surface area contributed by atoms with E-state index in [2.05, 4.69) is 4.98 Å². The van der Waals surface area contributed by atoms with Gasteiger partial charge in [0.25, 0.3) is 5.91 Å². The fraction of sp³-hybridized carbons (Fsp3) is 0.316. The Kier molecular flexibility index (Phi) is 4.50. The lowest BCUT2D eigenvalue weighted by molar-refractivity contribution is -0.141. The zero-order valence-corrected chi connectivity index (χ0v) is 15.8. The first kappa shape index (κ1) is 17.2. The minimum absolute atomic E-state index is 0.0713. The number of rotatable bonds is 6. The number of carbonyl (C=O) groups excluding carboxylic acids is 1. The first-order valence-corrected chi connectivity index (χ1v) is 10.2. The van der Waals surface area contributed by atoms with Crippen molar-refractivity contribution in [3.8, 4) is 9.88 Å². The van der Waals surface area contributed by atoms with Crippen LogP contribution in [0, 0.1) is 5.92 Å². The number of fused-ring (bicyclic) bond motifs is 1. The molecule has 1 aliphatic carbocycles. The number of amides is 1. The molecule has 1 fully saturated rings. The lowest BCUT2D eigenvalue weighted by Crippen LogP contribution is -2.38. The average Bonchev–Trinajstić information content (AvgIpc) is 3.19. The van der Waals surface area contributed by atoms with E-state index in [1.54, 1.807) is 23.2 Å². The van der Waals surface area contributed by atoms with E-state index < -0.39 is 11.9 Å². The number of carbonyl (C=O) groups is 2. The fourth-order valence-electron chi connectivity index (χ4n) is 2.84. The summed E-state index contributed by atoms with van der Waals surface area (Å²) in [6.45, 7) is 1.90. The van der Waals surface area contributed by atoms with Crippen molar-refractivity contribution in [3.63, 3.8) is 0 Å². The van der Waals surface area contributed by atoms with Gasteiger partial charge >= 0.3 is 5.97 Å². The third-order valence-corrected chi connectivity index (χ3v) is 6.74. The maximum Gasteiger partial charge on any atom is 0.308 e. The van der Waals surface area contributed by atoms with Crippen LogP contribution < -0.4 is 0 Å². The van der Waals surface area contributed by atoms with E-state index in [-0.39, 0.29) is 18.5 Å². The monoisotopic (exact) mass is 386 g/mol. The summed E-state index contributed by atoms with van der Waals surface area (Å²) in [5, 5.41) is 10.1. The van der Waals surface area contributed by atoms with Crippen LogP contribution in [0.15, 0.2) is 36.4 Å². The predicted molar refractivity (Wildman–Crippen MR) is 104 cm³/mol. The van der Waals surface area contributed by atoms with Crippen molar-refractivity contribution in [2.24, 2.45) is 5.92 Å². The van der Waals surface area contributed by atoms with Gasteiger partial charge in [-0.1, -0.05) is 19.1 Å². The summed E-state index contributed by atoms with van der Waals surface area (Å²) in [6.07, 6.45) is 1.91. The Morgan fingerprint density at radius 2 is 2.00 bits per heavy atom. The Labute approximate surface area is 158 Å². The molecule has 0 spiro atoms. The molecule has 1 unspecified atom stereocenters. The van der Waals surface area contributed by atoms with Gasteiger partial charge < -0.3 is 10.0 Å². The number of nitrogens with zero attached hydrogens (tertiary/aromatic N) is 2. The highest BCUT2D eigenvalue weighted by molar-refractivity contribution is 7.26. The van der Waals surface area contributed by atoms with E-state index in [9.17, 15) is 9.59 Å². The molecule has 5 nitrogen and oxygen atoms in total. The van der Waals surface area contributed by atoms with Crippen molar-refractivity contribution in [2.75, 3.05) is 6.54 Å². The first-order chi connectivity index (χ1) is 12.5. The van der Waals surface area contributed by atoms with Gasteiger partial charge in [0.05, 0.1) is 25.9 Å². The summed E-state index contributed by atoms with van der Waals surface area (Å²) in [7, 11) is 0. The van der Waals surface area contributed by atoms with E-state index in [4.69, 9.17) is 5.11 Å². The Balaban J connectivity index is 1.57. The molecule has 2 aromatic heterocycles. The third-order valence-electron chi connectivity index (χ3n) is 4.46. The van der Waals surface area contributed by atoms with Gasteiger partial charge in [0.2, 0.25) is 0 Å². The maximum atomic E-state index is 12.9. The number of aliphatic carboxylic acids is 1. The predicted octanol–water partition coefficient (Wildman–Crippen LogP) is 4.35. The topological polar surface area (TPSA) is 70.5 Å². The molecule has 26 heavy (non-hydrogen) atoms. The molecule has 134 valence electrons. The Morgan fingerprint density at radius 3 is 2.69 bits per heavy atom. The molecule has 2 heterocycles. The molecule has 1 saturated carbocycles. The molecular weight excluding hydrogens is 368 g/mol. The number of carboxylic acids is 1. The summed E-state index contributed by atoms with van der Waals surface area (Å²) in [6, 6.07) is 11.9. The van der Waals surface area contributed by atoms with Crippen LogP contribution in [0.25, 0.3) is 20.1 Å². The summed E-state index contributed by atoms with van der Waals surface area (Å²) in [5.41, 5.74) is 0.962. The number of hydrogen-bond acceptors (Lipinski definition) is 5. The van der Waals surface area contributed by atoms with E-state index in [1.165, 1.54) is 11.3 Å². The van der Waals surface area contributed by atoms with Crippen molar-refractivity contribution < 1.29 is 14.7 Å². The number of carboxylic acid groups (broad SMARTS) is 1. The van der Waals surface area contributed by atoms with Gasteiger partial charge in [-0.3, -0.25) is 9.59 Å². The normalized spacial score (nSPS) is 15.1. The molecule has 0 bridgehead atoms.